The van der Waals surface area contributed by atoms with Gasteiger partial charge in [0.25, 0.3) is 17.5 Å². The Kier molecular flexibility index (Phi) is 6.87. The second kappa shape index (κ2) is 9.38. The molecule has 8 heteroatoms. The molecule has 1 atom stereocenters. The minimum atomic E-state index is -0.478. The van der Waals surface area contributed by atoms with Crippen molar-refractivity contribution in [1.82, 2.24) is 9.80 Å². The summed E-state index contributed by atoms with van der Waals surface area (Å²) in [6.07, 6.45) is 2.71. The highest BCUT2D eigenvalue weighted by Crippen LogP contribution is 2.34. The molecule has 0 aliphatic carbocycles. The van der Waals surface area contributed by atoms with Crippen LogP contribution in [-0.2, 0) is 14.3 Å². The number of non-ortho nitro benzene ring substituents is 1. The van der Waals surface area contributed by atoms with Crippen LogP contribution in [0.2, 0.25) is 0 Å². The van der Waals surface area contributed by atoms with E-state index in [0.29, 0.717) is 35.8 Å². The molecule has 2 heterocycles. The molecule has 0 radical (unpaired) electrons. The molecular formula is C22H29N3O5. The lowest BCUT2D eigenvalue weighted by Gasteiger charge is -2.33. The second-order valence-corrected chi connectivity index (χ2v) is 8.26. The van der Waals surface area contributed by atoms with E-state index in [1.807, 2.05) is 18.7 Å². The van der Waals surface area contributed by atoms with Gasteiger partial charge in [-0.25, -0.2) is 0 Å². The first kappa shape index (κ1) is 22.0. The second-order valence-electron chi connectivity index (χ2n) is 8.26. The number of ether oxygens (including phenoxy) is 1. The number of hydrogen-bond donors (Lipinski definition) is 0. The molecule has 0 spiro atoms. The number of carbonyl (C=O) groups excluding carboxylic acids is 2. The number of rotatable bonds is 8. The lowest BCUT2D eigenvalue weighted by atomic mass is 9.97. The van der Waals surface area contributed by atoms with Gasteiger partial charge < -0.3 is 9.64 Å². The average molecular weight is 415 g/mol. The summed E-state index contributed by atoms with van der Waals surface area (Å²) >= 11 is 0. The van der Waals surface area contributed by atoms with Crippen LogP contribution >= 0.6 is 0 Å². The molecular weight excluding hydrogens is 386 g/mol. The summed E-state index contributed by atoms with van der Waals surface area (Å²) in [5, 5.41) is 11.0. The number of carbonyl (C=O) groups is 2. The van der Waals surface area contributed by atoms with Gasteiger partial charge in [-0.15, -0.1) is 0 Å². The van der Waals surface area contributed by atoms with E-state index in [1.165, 1.54) is 17.0 Å². The molecule has 1 aromatic carbocycles. The zero-order valence-corrected chi connectivity index (χ0v) is 17.8. The van der Waals surface area contributed by atoms with Crippen LogP contribution in [0, 0.1) is 16.0 Å². The average Bonchev–Trinajstić information content (AvgIpc) is 2.95. The fourth-order valence-corrected chi connectivity index (χ4v) is 4.00. The van der Waals surface area contributed by atoms with E-state index < -0.39 is 4.92 Å². The zero-order chi connectivity index (χ0) is 21.8. The number of amides is 2. The number of imide groups is 1. The van der Waals surface area contributed by atoms with Crippen molar-refractivity contribution in [3.8, 4) is 0 Å². The number of piperidine rings is 1. The Labute approximate surface area is 176 Å². The Hall–Kier alpha value is -2.74. The molecule has 1 unspecified atom stereocenters. The van der Waals surface area contributed by atoms with Crippen LogP contribution in [0.25, 0.3) is 5.57 Å². The first-order valence-electron chi connectivity index (χ1n) is 10.5. The number of nitro groups is 1. The van der Waals surface area contributed by atoms with Crippen LogP contribution in [0.5, 0.6) is 0 Å². The van der Waals surface area contributed by atoms with Crippen molar-refractivity contribution >= 4 is 23.1 Å². The number of nitro benzene ring substituents is 1. The Bertz CT molecular complexity index is 847. The van der Waals surface area contributed by atoms with Crippen LogP contribution < -0.4 is 0 Å². The molecule has 3 rings (SSSR count). The number of hydrogen-bond acceptors (Lipinski definition) is 6. The summed E-state index contributed by atoms with van der Waals surface area (Å²) in [6.45, 7) is 8.21. The smallest absolute Gasteiger partial charge is 0.277 e. The SMILES string of the molecule is CC1CCCN(C2=C(c3ccc([N+](=O)[O-])cc3)C(=O)N(CCCOC(C)C)C2=O)C1. The highest BCUT2D eigenvalue weighted by molar-refractivity contribution is 6.35. The van der Waals surface area contributed by atoms with Crippen molar-refractivity contribution in [2.75, 3.05) is 26.2 Å². The maximum absolute atomic E-state index is 13.3. The third-order valence-electron chi connectivity index (χ3n) is 5.46. The molecule has 0 bridgehead atoms. The van der Waals surface area contributed by atoms with Crippen molar-refractivity contribution in [3.05, 3.63) is 45.6 Å². The van der Waals surface area contributed by atoms with Gasteiger partial charge in [-0.2, -0.15) is 0 Å². The van der Waals surface area contributed by atoms with Crippen LogP contribution in [-0.4, -0.2) is 58.9 Å². The first-order valence-corrected chi connectivity index (χ1v) is 10.5. The summed E-state index contributed by atoms with van der Waals surface area (Å²) in [7, 11) is 0. The lowest BCUT2D eigenvalue weighted by molar-refractivity contribution is -0.384. The molecule has 30 heavy (non-hydrogen) atoms. The molecule has 1 aromatic rings. The highest BCUT2D eigenvalue weighted by atomic mass is 16.6. The number of benzene rings is 1. The van der Waals surface area contributed by atoms with E-state index >= 15 is 0 Å². The third kappa shape index (κ3) is 4.70. The van der Waals surface area contributed by atoms with Crippen molar-refractivity contribution in [3.63, 3.8) is 0 Å². The van der Waals surface area contributed by atoms with Crippen LogP contribution in [0.1, 0.15) is 45.6 Å². The van der Waals surface area contributed by atoms with E-state index in [2.05, 4.69) is 6.92 Å². The summed E-state index contributed by atoms with van der Waals surface area (Å²) < 4.78 is 5.54. The summed E-state index contributed by atoms with van der Waals surface area (Å²) in [4.78, 5) is 40.3. The monoisotopic (exact) mass is 415 g/mol. The van der Waals surface area contributed by atoms with E-state index in [1.54, 1.807) is 12.1 Å². The highest BCUT2D eigenvalue weighted by Gasteiger charge is 2.42. The van der Waals surface area contributed by atoms with Crippen LogP contribution in [0.4, 0.5) is 5.69 Å². The Morgan fingerprint density at radius 1 is 1.20 bits per heavy atom. The summed E-state index contributed by atoms with van der Waals surface area (Å²) in [5.41, 5.74) is 1.25. The molecule has 162 valence electrons. The summed E-state index contributed by atoms with van der Waals surface area (Å²) in [6, 6.07) is 5.85. The topological polar surface area (TPSA) is 93.0 Å². The van der Waals surface area contributed by atoms with E-state index in [-0.39, 0.29) is 30.2 Å². The van der Waals surface area contributed by atoms with Gasteiger partial charge in [0.1, 0.15) is 5.70 Å². The predicted octanol–water partition coefficient (Wildman–Crippen LogP) is 3.22. The maximum atomic E-state index is 13.3. The lowest BCUT2D eigenvalue weighted by Crippen LogP contribution is -2.39. The van der Waals surface area contributed by atoms with Gasteiger partial charge in [0.2, 0.25) is 0 Å². The first-order chi connectivity index (χ1) is 14.3. The minimum Gasteiger partial charge on any atom is -0.379 e. The van der Waals surface area contributed by atoms with Crippen molar-refractivity contribution < 1.29 is 19.2 Å². The molecule has 0 aromatic heterocycles. The van der Waals surface area contributed by atoms with Gasteiger partial charge in [-0.1, -0.05) is 6.92 Å². The quantitative estimate of drug-likeness (QED) is 0.280. The van der Waals surface area contributed by atoms with Gasteiger partial charge in [-0.05, 0) is 56.7 Å². The fourth-order valence-electron chi connectivity index (χ4n) is 4.00. The van der Waals surface area contributed by atoms with E-state index in [9.17, 15) is 19.7 Å². The molecule has 0 saturated carbocycles. The number of nitrogens with zero attached hydrogens (tertiary/aromatic N) is 3. The molecule has 2 aliphatic heterocycles. The van der Waals surface area contributed by atoms with Gasteiger partial charge in [0, 0.05) is 38.4 Å². The molecule has 1 fully saturated rings. The van der Waals surface area contributed by atoms with Crippen LogP contribution in [0.3, 0.4) is 0 Å². The Morgan fingerprint density at radius 2 is 1.90 bits per heavy atom. The Morgan fingerprint density at radius 3 is 2.50 bits per heavy atom. The van der Waals surface area contributed by atoms with Gasteiger partial charge in [-0.3, -0.25) is 24.6 Å². The van der Waals surface area contributed by atoms with Crippen molar-refractivity contribution in [2.24, 2.45) is 5.92 Å². The molecule has 1 saturated heterocycles. The maximum Gasteiger partial charge on any atom is 0.277 e. The van der Waals surface area contributed by atoms with Crippen molar-refractivity contribution in [2.45, 2.75) is 46.1 Å². The summed E-state index contributed by atoms with van der Waals surface area (Å²) in [5.74, 6) is -0.195. The van der Waals surface area contributed by atoms with Crippen molar-refractivity contribution in [1.29, 1.82) is 0 Å². The minimum absolute atomic E-state index is 0.0491. The fraction of sp³-hybridized carbons (Fsp3) is 0.545. The van der Waals surface area contributed by atoms with Gasteiger partial charge >= 0.3 is 0 Å². The third-order valence-corrected chi connectivity index (χ3v) is 5.46. The predicted molar refractivity (Wildman–Crippen MR) is 112 cm³/mol. The van der Waals surface area contributed by atoms with Crippen LogP contribution in [0.15, 0.2) is 30.0 Å². The molecule has 8 nitrogen and oxygen atoms in total. The molecule has 2 aliphatic rings. The zero-order valence-electron chi connectivity index (χ0n) is 17.8. The van der Waals surface area contributed by atoms with Gasteiger partial charge in [0.05, 0.1) is 16.6 Å². The molecule has 2 amide bonds. The van der Waals surface area contributed by atoms with Gasteiger partial charge in [0.15, 0.2) is 0 Å². The van der Waals surface area contributed by atoms with E-state index in [4.69, 9.17) is 4.74 Å². The largest absolute Gasteiger partial charge is 0.379 e. The molecule has 0 N–H and O–H groups in total. The standard InChI is InChI=1S/C22H29N3O5/c1-15(2)30-13-5-12-24-21(26)19(17-7-9-18(10-8-17)25(28)29)20(22(24)27)23-11-4-6-16(3)14-23/h7-10,15-16H,4-6,11-14H2,1-3H3. The Balaban J connectivity index is 1.90. The number of likely N-dealkylation sites (tertiary alicyclic amines) is 1. The normalized spacial score (nSPS) is 19.9. The van der Waals surface area contributed by atoms with E-state index in [0.717, 1.165) is 25.9 Å².